The van der Waals surface area contributed by atoms with Gasteiger partial charge < -0.3 is 19.9 Å². The van der Waals surface area contributed by atoms with Crippen LogP contribution in [0.15, 0.2) is 59.7 Å². The molecule has 1 saturated heterocycles. The molecule has 2 aliphatic heterocycles. The first-order chi connectivity index (χ1) is 16.1. The molecule has 186 valence electrons. The number of nitrogens with zero attached hydrogens (tertiary/aromatic N) is 1. The van der Waals surface area contributed by atoms with Gasteiger partial charge in [-0.05, 0) is 57.9 Å². The molecule has 2 N–H and O–H groups in total. The SMILES string of the molecule is CC1=C(CO/C(C)=C/C=C\CCN2CCCC[C@@H]2C(=O)O)NC(c2ccc(C(F)(F)F)cc2)O1. The Morgan fingerprint density at radius 3 is 2.71 bits per heavy atom. The Morgan fingerprint density at radius 2 is 2.03 bits per heavy atom. The molecule has 6 nitrogen and oxygen atoms in total. The summed E-state index contributed by atoms with van der Waals surface area (Å²) in [5.41, 5.74) is 0.622. The molecular formula is C25H31F3N2O4. The van der Waals surface area contributed by atoms with E-state index in [9.17, 15) is 23.1 Å². The van der Waals surface area contributed by atoms with Crippen molar-refractivity contribution in [3.63, 3.8) is 0 Å². The molecule has 0 aromatic heterocycles. The van der Waals surface area contributed by atoms with Crippen molar-refractivity contribution >= 4 is 5.97 Å². The summed E-state index contributed by atoms with van der Waals surface area (Å²) in [5, 5.41) is 12.5. The molecule has 1 fully saturated rings. The number of alkyl halides is 3. The van der Waals surface area contributed by atoms with Gasteiger partial charge in [0.05, 0.1) is 17.0 Å². The van der Waals surface area contributed by atoms with Crippen LogP contribution in [0, 0.1) is 0 Å². The Morgan fingerprint density at radius 1 is 1.29 bits per heavy atom. The van der Waals surface area contributed by atoms with Crippen LogP contribution in [0.5, 0.6) is 0 Å². The van der Waals surface area contributed by atoms with Crippen molar-refractivity contribution in [2.45, 2.75) is 58.0 Å². The molecule has 0 radical (unpaired) electrons. The number of aliphatic carboxylic acids is 1. The maximum absolute atomic E-state index is 12.8. The summed E-state index contributed by atoms with van der Waals surface area (Å²) in [4.78, 5) is 13.4. The average Bonchev–Trinajstić information content (AvgIpc) is 3.17. The molecule has 2 atom stereocenters. The Kier molecular flexibility index (Phi) is 8.66. The fourth-order valence-corrected chi connectivity index (χ4v) is 3.99. The van der Waals surface area contributed by atoms with Crippen LogP contribution in [-0.2, 0) is 20.4 Å². The third-order valence-electron chi connectivity index (χ3n) is 5.96. The average molecular weight is 481 g/mol. The number of allylic oxidation sites excluding steroid dienone is 4. The Balaban J connectivity index is 1.43. The molecular weight excluding hydrogens is 449 g/mol. The highest BCUT2D eigenvalue weighted by Crippen LogP contribution is 2.32. The fraction of sp³-hybridized carbons (Fsp3) is 0.480. The van der Waals surface area contributed by atoms with Crippen LogP contribution in [0.2, 0.25) is 0 Å². The minimum atomic E-state index is -4.37. The van der Waals surface area contributed by atoms with Gasteiger partial charge in [0.1, 0.15) is 18.4 Å². The normalized spacial score (nSPS) is 22.1. The number of rotatable bonds is 9. The van der Waals surface area contributed by atoms with Gasteiger partial charge >= 0.3 is 12.1 Å². The third-order valence-corrected chi connectivity index (χ3v) is 5.96. The minimum absolute atomic E-state index is 0.243. The quantitative estimate of drug-likeness (QED) is 0.366. The number of ether oxygens (including phenoxy) is 2. The van der Waals surface area contributed by atoms with E-state index < -0.39 is 23.9 Å². The molecule has 0 aliphatic carbocycles. The number of piperidine rings is 1. The Labute approximate surface area is 197 Å². The molecule has 1 unspecified atom stereocenters. The third kappa shape index (κ3) is 7.03. The van der Waals surface area contributed by atoms with Crippen LogP contribution in [0.3, 0.4) is 0 Å². The van der Waals surface area contributed by atoms with E-state index in [1.54, 1.807) is 6.92 Å². The van der Waals surface area contributed by atoms with Crippen molar-refractivity contribution in [2.24, 2.45) is 0 Å². The zero-order chi connectivity index (χ0) is 24.7. The molecule has 0 amide bonds. The molecule has 3 rings (SSSR count). The highest BCUT2D eigenvalue weighted by atomic mass is 19.4. The van der Waals surface area contributed by atoms with Crippen LogP contribution >= 0.6 is 0 Å². The lowest BCUT2D eigenvalue weighted by Gasteiger charge is -2.32. The summed E-state index contributed by atoms with van der Waals surface area (Å²) < 4.78 is 49.8. The lowest BCUT2D eigenvalue weighted by Crippen LogP contribution is -2.44. The van der Waals surface area contributed by atoms with Crippen LogP contribution < -0.4 is 5.32 Å². The van der Waals surface area contributed by atoms with Gasteiger partial charge in [-0.2, -0.15) is 13.2 Å². The molecule has 2 heterocycles. The summed E-state index contributed by atoms with van der Waals surface area (Å²) >= 11 is 0. The molecule has 2 aliphatic rings. The van der Waals surface area contributed by atoms with E-state index in [0.29, 0.717) is 30.0 Å². The van der Waals surface area contributed by atoms with Crippen LogP contribution in [0.1, 0.15) is 56.9 Å². The maximum Gasteiger partial charge on any atom is 0.416 e. The van der Waals surface area contributed by atoms with E-state index in [1.807, 2.05) is 30.1 Å². The topological polar surface area (TPSA) is 71.0 Å². The Bertz CT molecular complexity index is 938. The van der Waals surface area contributed by atoms with Gasteiger partial charge in [0.15, 0.2) is 6.23 Å². The molecule has 1 aromatic rings. The number of hydrogen-bond acceptors (Lipinski definition) is 5. The zero-order valence-corrected chi connectivity index (χ0v) is 19.4. The predicted molar refractivity (Wildman–Crippen MR) is 121 cm³/mol. The monoisotopic (exact) mass is 480 g/mol. The first-order valence-electron chi connectivity index (χ1n) is 11.4. The summed E-state index contributed by atoms with van der Waals surface area (Å²) in [5.74, 6) is 0.572. The highest BCUT2D eigenvalue weighted by molar-refractivity contribution is 5.73. The molecule has 0 spiro atoms. The second kappa shape index (κ2) is 11.5. The van der Waals surface area contributed by atoms with Gasteiger partial charge in [-0.25, -0.2) is 0 Å². The van der Waals surface area contributed by atoms with Crippen molar-refractivity contribution in [2.75, 3.05) is 19.7 Å². The highest BCUT2D eigenvalue weighted by Gasteiger charge is 2.31. The zero-order valence-electron chi connectivity index (χ0n) is 19.4. The van der Waals surface area contributed by atoms with Gasteiger partial charge in [0.25, 0.3) is 0 Å². The van der Waals surface area contributed by atoms with Gasteiger partial charge in [-0.1, -0.05) is 30.7 Å². The van der Waals surface area contributed by atoms with Gasteiger partial charge in [-0.3, -0.25) is 9.69 Å². The second-order valence-electron chi connectivity index (χ2n) is 8.47. The summed E-state index contributed by atoms with van der Waals surface area (Å²) in [6.07, 6.45) is 4.24. The van der Waals surface area contributed by atoms with E-state index >= 15 is 0 Å². The number of carbonyl (C=O) groups is 1. The number of benzene rings is 1. The van der Waals surface area contributed by atoms with E-state index in [-0.39, 0.29) is 12.6 Å². The summed E-state index contributed by atoms with van der Waals surface area (Å²) in [6.45, 7) is 5.38. The predicted octanol–water partition coefficient (Wildman–Crippen LogP) is 5.36. The van der Waals surface area contributed by atoms with Gasteiger partial charge in [0.2, 0.25) is 0 Å². The lowest BCUT2D eigenvalue weighted by molar-refractivity contribution is -0.144. The van der Waals surface area contributed by atoms with Crippen LogP contribution in [0.25, 0.3) is 0 Å². The van der Waals surface area contributed by atoms with Gasteiger partial charge in [-0.15, -0.1) is 0 Å². The molecule has 0 bridgehead atoms. The van der Waals surface area contributed by atoms with E-state index in [0.717, 1.165) is 43.6 Å². The first-order valence-corrected chi connectivity index (χ1v) is 11.4. The molecule has 1 aromatic carbocycles. The van der Waals surface area contributed by atoms with Crippen LogP contribution in [-0.4, -0.2) is 41.7 Å². The number of halogens is 3. The Hall–Kier alpha value is -2.94. The second-order valence-corrected chi connectivity index (χ2v) is 8.47. The van der Waals surface area contributed by atoms with Gasteiger partial charge in [0, 0.05) is 12.1 Å². The van der Waals surface area contributed by atoms with E-state index in [4.69, 9.17) is 9.47 Å². The summed E-state index contributed by atoms with van der Waals surface area (Å²) in [6, 6.07) is 4.49. The van der Waals surface area contributed by atoms with Crippen molar-refractivity contribution in [3.8, 4) is 0 Å². The van der Waals surface area contributed by atoms with Crippen molar-refractivity contribution in [1.29, 1.82) is 0 Å². The smallest absolute Gasteiger partial charge is 0.416 e. The van der Waals surface area contributed by atoms with E-state index in [1.165, 1.54) is 12.1 Å². The molecule has 9 heteroatoms. The number of hydrogen-bond donors (Lipinski definition) is 2. The van der Waals surface area contributed by atoms with Crippen molar-refractivity contribution in [1.82, 2.24) is 10.2 Å². The molecule has 34 heavy (non-hydrogen) atoms. The lowest BCUT2D eigenvalue weighted by atomic mass is 10.0. The minimum Gasteiger partial charge on any atom is -0.492 e. The standard InChI is InChI=1S/C25H31F3N2O4/c1-17(8-4-3-6-14-30-15-7-5-9-22(30)24(31)32)33-16-21-18(2)34-23(29-21)19-10-12-20(13-11-19)25(26,27)28/h3-4,8,10-13,22-23,29H,5-7,9,14-16H2,1-2H3,(H,31,32)/b4-3-,17-8+/t22-,23?/m1/s1. The first kappa shape index (κ1) is 25.7. The maximum atomic E-state index is 12.8. The molecule has 0 saturated carbocycles. The summed E-state index contributed by atoms with van der Waals surface area (Å²) in [7, 11) is 0. The number of nitrogens with one attached hydrogen (secondary N) is 1. The largest absolute Gasteiger partial charge is 0.492 e. The van der Waals surface area contributed by atoms with Crippen molar-refractivity contribution < 1.29 is 32.5 Å². The van der Waals surface area contributed by atoms with E-state index in [2.05, 4.69) is 5.32 Å². The fourth-order valence-electron chi connectivity index (χ4n) is 3.99. The van der Waals surface area contributed by atoms with Crippen LogP contribution in [0.4, 0.5) is 13.2 Å². The number of carboxylic acid groups (broad SMARTS) is 1. The van der Waals surface area contributed by atoms with Crippen molar-refractivity contribution in [3.05, 3.63) is 70.8 Å². The number of carboxylic acids is 1. The number of likely N-dealkylation sites (tertiary alicyclic amines) is 1.